The molecule has 2 aliphatic heterocycles. The molecule has 1 saturated heterocycles. The number of carbonyl (C=O) groups is 4. The molecule has 4 amide bonds. The predicted octanol–water partition coefficient (Wildman–Crippen LogP) is 2.67. The minimum absolute atomic E-state index is 0.195. The van der Waals surface area contributed by atoms with Crippen molar-refractivity contribution in [3.05, 3.63) is 89.2 Å². The number of ether oxygens (including phenoxy) is 1. The summed E-state index contributed by atoms with van der Waals surface area (Å²) in [4.78, 5) is 54.8. The van der Waals surface area contributed by atoms with Crippen molar-refractivity contribution in [2.24, 2.45) is 0 Å². The fraction of sp³-hybridized carbons (Fsp3) is 0.192. The molecule has 3 heterocycles. The standard InChI is InChI=1S/C26H22N4O5/c31-23-11-10-22(25(33)29-23)30-14-17-12-18(6-8-20(17)26(30)34)28-24(32)21-9-7-19(13-27-21)35-15-16-4-2-1-3-5-16/h1-9,12-13,22H,10-11,14-15H2,(H,28,32)(H,29,31,33). The first-order valence-corrected chi connectivity index (χ1v) is 11.2. The highest BCUT2D eigenvalue weighted by atomic mass is 16.5. The molecule has 9 heteroatoms. The highest BCUT2D eigenvalue weighted by Crippen LogP contribution is 2.29. The minimum atomic E-state index is -0.683. The third-order valence-electron chi connectivity index (χ3n) is 6.00. The van der Waals surface area contributed by atoms with Gasteiger partial charge >= 0.3 is 0 Å². The lowest BCUT2D eigenvalue weighted by molar-refractivity contribution is -0.136. The van der Waals surface area contributed by atoms with Crippen LogP contribution in [0, 0.1) is 0 Å². The zero-order valence-corrected chi connectivity index (χ0v) is 18.7. The summed E-state index contributed by atoms with van der Waals surface area (Å²) in [6.07, 6.45) is 1.99. The van der Waals surface area contributed by atoms with E-state index >= 15 is 0 Å². The van der Waals surface area contributed by atoms with E-state index in [0.29, 0.717) is 35.6 Å². The van der Waals surface area contributed by atoms with Gasteiger partial charge in [-0.05, 0) is 47.9 Å². The lowest BCUT2D eigenvalue weighted by Gasteiger charge is -2.29. The van der Waals surface area contributed by atoms with E-state index in [-0.39, 0.29) is 30.5 Å². The molecular formula is C26H22N4O5. The second-order valence-corrected chi connectivity index (χ2v) is 8.38. The maximum absolute atomic E-state index is 12.8. The third kappa shape index (κ3) is 4.74. The Hall–Kier alpha value is -4.53. The summed E-state index contributed by atoms with van der Waals surface area (Å²) in [5.74, 6) is -0.899. The van der Waals surface area contributed by atoms with Crippen LogP contribution in [0.5, 0.6) is 5.75 Å². The number of amides is 4. The minimum Gasteiger partial charge on any atom is -0.487 e. The van der Waals surface area contributed by atoms with E-state index < -0.39 is 17.9 Å². The van der Waals surface area contributed by atoms with Crippen molar-refractivity contribution < 1.29 is 23.9 Å². The number of aromatic nitrogens is 1. The molecule has 0 radical (unpaired) electrons. The van der Waals surface area contributed by atoms with Crippen LogP contribution in [0.25, 0.3) is 0 Å². The number of rotatable bonds is 6. The number of anilines is 1. The van der Waals surface area contributed by atoms with E-state index in [0.717, 1.165) is 5.56 Å². The number of nitrogens with one attached hydrogen (secondary N) is 2. The van der Waals surface area contributed by atoms with Gasteiger partial charge in [-0.25, -0.2) is 4.98 Å². The van der Waals surface area contributed by atoms with Crippen molar-refractivity contribution in [3.8, 4) is 5.75 Å². The van der Waals surface area contributed by atoms with Crippen LogP contribution in [0.2, 0.25) is 0 Å². The summed E-state index contributed by atoms with van der Waals surface area (Å²) < 4.78 is 5.70. The highest BCUT2D eigenvalue weighted by molar-refractivity contribution is 6.06. The third-order valence-corrected chi connectivity index (χ3v) is 6.00. The number of pyridine rings is 1. The Labute approximate surface area is 201 Å². The summed E-state index contributed by atoms with van der Waals surface area (Å²) in [5, 5.41) is 5.08. The van der Waals surface area contributed by atoms with Crippen LogP contribution < -0.4 is 15.4 Å². The molecule has 0 spiro atoms. The van der Waals surface area contributed by atoms with Gasteiger partial charge in [0.1, 0.15) is 24.1 Å². The van der Waals surface area contributed by atoms with Crippen LogP contribution in [0.3, 0.4) is 0 Å². The average molecular weight is 470 g/mol. The van der Waals surface area contributed by atoms with Crippen LogP contribution in [0.15, 0.2) is 66.9 Å². The molecule has 2 aliphatic rings. The molecular weight excluding hydrogens is 448 g/mol. The van der Waals surface area contributed by atoms with Gasteiger partial charge in [-0.1, -0.05) is 30.3 Å². The van der Waals surface area contributed by atoms with Crippen molar-refractivity contribution in [2.75, 3.05) is 5.32 Å². The van der Waals surface area contributed by atoms with Gasteiger partial charge in [0, 0.05) is 24.2 Å². The van der Waals surface area contributed by atoms with Crippen LogP contribution in [-0.4, -0.2) is 39.6 Å². The van der Waals surface area contributed by atoms with Crippen LogP contribution in [0.4, 0.5) is 5.69 Å². The van der Waals surface area contributed by atoms with Gasteiger partial charge in [0.15, 0.2) is 0 Å². The quantitative estimate of drug-likeness (QED) is 0.535. The Bertz CT molecular complexity index is 1310. The smallest absolute Gasteiger partial charge is 0.274 e. The zero-order chi connectivity index (χ0) is 24.4. The predicted molar refractivity (Wildman–Crippen MR) is 125 cm³/mol. The highest BCUT2D eigenvalue weighted by Gasteiger charge is 2.39. The van der Waals surface area contributed by atoms with Gasteiger partial charge in [-0.2, -0.15) is 0 Å². The second-order valence-electron chi connectivity index (χ2n) is 8.38. The van der Waals surface area contributed by atoms with E-state index in [1.165, 1.54) is 11.1 Å². The molecule has 176 valence electrons. The molecule has 0 aliphatic carbocycles. The number of carbonyl (C=O) groups excluding carboxylic acids is 4. The molecule has 1 atom stereocenters. The zero-order valence-electron chi connectivity index (χ0n) is 18.7. The molecule has 0 saturated carbocycles. The van der Waals surface area contributed by atoms with Crippen molar-refractivity contribution in [2.45, 2.75) is 32.0 Å². The molecule has 1 aromatic heterocycles. The van der Waals surface area contributed by atoms with Crippen molar-refractivity contribution in [3.63, 3.8) is 0 Å². The van der Waals surface area contributed by atoms with Gasteiger partial charge in [0.05, 0.1) is 6.20 Å². The molecule has 2 aromatic carbocycles. The Morgan fingerprint density at radius 3 is 2.66 bits per heavy atom. The lowest BCUT2D eigenvalue weighted by Crippen LogP contribution is -2.52. The molecule has 3 aromatic rings. The van der Waals surface area contributed by atoms with Gasteiger partial charge in [0.25, 0.3) is 11.8 Å². The number of imide groups is 1. The lowest BCUT2D eigenvalue weighted by atomic mass is 10.0. The first kappa shape index (κ1) is 22.3. The number of piperidine rings is 1. The number of fused-ring (bicyclic) bond motifs is 1. The van der Waals surface area contributed by atoms with E-state index in [9.17, 15) is 19.2 Å². The Kier molecular flexibility index (Phi) is 5.97. The second kappa shape index (κ2) is 9.38. The molecule has 1 unspecified atom stereocenters. The maximum Gasteiger partial charge on any atom is 0.274 e. The van der Waals surface area contributed by atoms with E-state index in [1.807, 2.05) is 30.3 Å². The van der Waals surface area contributed by atoms with Crippen LogP contribution in [0.1, 0.15) is 44.8 Å². The summed E-state index contributed by atoms with van der Waals surface area (Å²) in [6, 6.07) is 17.3. The number of hydrogen-bond donors (Lipinski definition) is 2. The molecule has 0 bridgehead atoms. The average Bonchev–Trinajstić information content (AvgIpc) is 3.19. The maximum atomic E-state index is 12.8. The van der Waals surface area contributed by atoms with Gasteiger partial charge in [-0.15, -0.1) is 0 Å². The van der Waals surface area contributed by atoms with E-state index in [1.54, 1.807) is 30.3 Å². The Morgan fingerprint density at radius 2 is 1.91 bits per heavy atom. The molecule has 9 nitrogen and oxygen atoms in total. The molecule has 1 fully saturated rings. The fourth-order valence-electron chi connectivity index (χ4n) is 4.19. The molecule has 5 rings (SSSR count). The van der Waals surface area contributed by atoms with E-state index in [2.05, 4.69) is 15.6 Å². The Morgan fingerprint density at radius 1 is 1.09 bits per heavy atom. The normalized spacial score (nSPS) is 17.1. The first-order valence-electron chi connectivity index (χ1n) is 11.2. The summed E-state index contributed by atoms with van der Waals surface area (Å²) in [6.45, 7) is 0.633. The topological polar surface area (TPSA) is 118 Å². The number of benzene rings is 2. The van der Waals surface area contributed by atoms with Crippen molar-refractivity contribution >= 4 is 29.3 Å². The van der Waals surface area contributed by atoms with Gasteiger partial charge in [0.2, 0.25) is 11.8 Å². The molecule has 2 N–H and O–H groups in total. The van der Waals surface area contributed by atoms with Crippen molar-refractivity contribution in [1.82, 2.24) is 15.2 Å². The monoisotopic (exact) mass is 470 g/mol. The Balaban J connectivity index is 1.22. The van der Waals surface area contributed by atoms with Gasteiger partial charge < -0.3 is 15.0 Å². The fourth-order valence-corrected chi connectivity index (χ4v) is 4.19. The SMILES string of the molecule is O=C1CCC(N2Cc3cc(NC(=O)c4ccc(OCc5ccccc5)cn4)ccc3C2=O)C(=O)N1. The van der Waals surface area contributed by atoms with Crippen molar-refractivity contribution in [1.29, 1.82) is 0 Å². The van der Waals surface area contributed by atoms with E-state index in [4.69, 9.17) is 4.74 Å². The summed E-state index contributed by atoms with van der Waals surface area (Å²) >= 11 is 0. The van der Waals surface area contributed by atoms with Gasteiger partial charge in [-0.3, -0.25) is 24.5 Å². The number of hydrogen-bond acceptors (Lipinski definition) is 6. The summed E-state index contributed by atoms with van der Waals surface area (Å²) in [5.41, 5.74) is 2.94. The largest absolute Gasteiger partial charge is 0.487 e. The first-order chi connectivity index (χ1) is 17.0. The summed E-state index contributed by atoms with van der Waals surface area (Å²) in [7, 11) is 0. The van der Waals surface area contributed by atoms with Crippen LogP contribution in [-0.2, 0) is 22.7 Å². The molecule has 35 heavy (non-hydrogen) atoms. The van der Waals surface area contributed by atoms with Crippen LogP contribution >= 0.6 is 0 Å². The number of nitrogens with zero attached hydrogens (tertiary/aromatic N) is 2.